The van der Waals surface area contributed by atoms with Gasteiger partial charge in [-0.15, -0.1) is 21.5 Å². The Morgan fingerprint density at radius 1 is 0.890 bits per heavy atom. The summed E-state index contributed by atoms with van der Waals surface area (Å²) in [5.41, 5.74) is 14.6. The number of amides is 3. The number of hydrogen-bond acceptors (Lipinski definition) is 16. The molecule has 388 valence electrons. The number of likely N-dealkylation sites (tertiary alicyclic amines) is 1. The van der Waals surface area contributed by atoms with Gasteiger partial charge in [-0.1, -0.05) is 63.2 Å². The molecule has 73 heavy (non-hydrogen) atoms. The lowest BCUT2D eigenvalue weighted by atomic mass is 9.85. The summed E-state index contributed by atoms with van der Waals surface area (Å²) >= 11 is 1.60. The number of piperazine rings is 1. The van der Waals surface area contributed by atoms with E-state index in [4.69, 9.17) is 24.7 Å². The lowest BCUT2D eigenvalue weighted by Gasteiger charge is -2.43. The number of carbonyl (C=O) groups is 3. The average Bonchev–Trinajstić information content (AvgIpc) is 4.12. The van der Waals surface area contributed by atoms with Crippen molar-refractivity contribution in [1.82, 2.24) is 35.7 Å². The van der Waals surface area contributed by atoms with Gasteiger partial charge in [-0.3, -0.25) is 19.4 Å². The Labute approximate surface area is 431 Å². The Hall–Kier alpha value is -6.51. The number of fused-ring (bicyclic) bond motifs is 2. The zero-order valence-corrected chi connectivity index (χ0v) is 43.0. The van der Waals surface area contributed by atoms with Crippen LogP contribution in [0.15, 0.2) is 84.5 Å². The molecule has 3 aliphatic rings. The molecule has 2 aromatic carbocycles. The van der Waals surface area contributed by atoms with E-state index in [1.807, 2.05) is 94.0 Å². The smallest absolute Gasteiger partial charge is 0.246 e. The predicted octanol–water partition coefficient (Wildman–Crippen LogP) is 6.03. The maximum absolute atomic E-state index is 13.9. The lowest BCUT2D eigenvalue weighted by molar-refractivity contribution is -0.144. The molecule has 5 aromatic rings. The molecule has 0 spiro atoms. The molecule has 3 aliphatic heterocycles. The van der Waals surface area contributed by atoms with E-state index in [1.54, 1.807) is 28.4 Å². The number of aromatic nitrogens is 4. The second-order valence-corrected chi connectivity index (χ2v) is 20.5. The number of thiazole rings is 1. The molecular weight excluding hydrogens is 949 g/mol. The Bertz CT molecular complexity index is 2660. The molecule has 3 fully saturated rings. The third-order valence-electron chi connectivity index (χ3n) is 13.4. The highest BCUT2D eigenvalue weighted by Gasteiger charge is 2.43. The molecule has 6 heterocycles. The SMILES string of the molecule is Cc1ncsc1-c1ccc(CNC(=O)[C@@H]2CCCN2C(=O)[C@@H](NC(=O)COCCOCCOCCOC/C=C/c2cc(N3C4CCC3CN(c3cc(-c5ccccc5O)nnc3N)C4)ccn2)C(C)(C)C)cc1. The zero-order chi connectivity index (χ0) is 51.3. The average molecular weight is 1020 g/mol. The summed E-state index contributed by atoms with van der Waals surface area (Å²) in [6.45, 7) is 12.2. The minimum Gasteiger partial charge on any atom is -0.507 e. The van der Waals surface area contributed by atoms with Gasteiger partial charge in [-0.2, -0.15) is 0 Å². The second kappa shape index (κ2) is 24.9. The molecule has 5 N–H and O–H groups in total. The molecule has 2 bridgehead atoms. The Balaban J connectivity index is 0.672. The van der Waals surface area contributed by atoms with E-state index in [2.05, 4.69) is 52.7 Å². The Morgan fingerprint density at radius 2 is 1.60 bits per heavy atom. The topological polar surface area (TPSA) is 220 Å². The summed E-state index contributed by atoms with van der Waals surface area (Å²) < 4.78 is 22.6. The number of rotatable bonds is 23. The summed E-state index contributed by atoms with van der Waals surface area (Å²) in [6.07, 6.45) is 9.15. The van der Waals surface area contributed by atoms with Gasteiger partial charge in [-0.05, 0) is 85.6 Å². The molecule has 0 radical (unpaired) electrons. The molecule has 0 aliphatic carbocycles. The van der Waals surface area contributed by atoms with E-state index in [1.165, 1.54) is 0 Å². The van der Waals surface area contributed by atoms with Crippen LogP contribution in [0, 0.1) is 12.3 Å². The number of ether oxygens (including phenoxy) is 4. The molecule has 2 unspecified atom stereocenters. The number of benzene rings is 2. The number of aromatic hydroxyl groups is 1. The Kier molecular flexibility index (Phi) is 18.0. The Morgan fingerprint density at radius 3 is 2.30 bits per heavy atom. The lowest BCUT2D eigenvalue weighted by Crippen LogP contribution is -2.58. The zero-order valence-electron chi connectivity index (χ0n) is 42.2. The van der Waals surface area contributed by atoms with Crippen LogP contribution >= 0.6 is 11.3 Å². The number of aryl methyl sites for hydroxylation is 1. The van der Waals surface area contributed by atoms with Crippen LogP contribution in [0.3, 0.4) is 0 Å². The number of para-hydroxylation sites is 1. The molecule has 3 saturated heterocycles. The summed E-state index contributed by atoms with van der Waals surface area (Å²) in [4.78, 5) is 56.7. The first-order chi connectivity index (χ1) is 35.3. The van der Waals surface area contributed by atoms with E-state index in [-0.39, 0.29) is 37.4 Å². The fourth-order valence-electron chi connectivity index (χ4n) is 9.70. The third kappa shape index (κ3) is 13.8. The number of nitrogen functional groups attached to an aromatic ring is 1. The highest BCUT2D eigenvalue weighted by molar-refractivity contribution is 7.13. The first-order valence-corrected chi connectivity index (χ1v) is 26.0. The fourth-order valence-corrected chi connectivity index (χ4v) is 10.5. The fraction of sp³-hybridized carbons (Fsp3) is 0.463. The quantitative estimate of drug-likeness (QED) is 0.0549. The van der Waals surface area contributed by atoms with Crippen LogP contribution in [-0.4, -0.2) is 145 Å². The summed E-state index contributed by atoms with van der Waals surface area (Å²) in [6, 6.07) is 20.4. The number of nitrogens with zero attached hydrogens (tertiary/aromatic N) is 7. The predicted molar refractivity (Wildman–Crippen MR) is 282 cm³/mol. The van der Waals surface area contributed by atoms with Gasteiger partial charge in [0.05, 0.1) is 79.4 Å². The number of nitrogens with two attached hydrogens (primary N) is 1. The van der Waals surface area contributed by atoms with Crippen molar-refractivity contribution in [3.05, 3.63) is 101 Å². The number of carbonyl (C=O) groups excluding carboxylic acids is 3. The first kappa shape index (κ1) is 52.8. The molecule has 19 heteroatoms. The second-order valence-electron chi connectivity index (χ2n) is 19.6. The third-order valence-corrected chi connectivity index (χ3v) is 14.4. The van der Waals surface area contributed by atoms with Crippen LogP contribution in [0.5, 0.6) is 5.75 Å². The maximum Gasteiger partial charge on any atom is 0.246 e. The van der Waals surface area contributed by atoms with Crippen LogP contribution in [0.25, 0.3) is 27.8 Å². The van der Waals surface area contributed by atoms with Gasteiger partial charge in [0, 0.05) is 55.7 Å². The van der Waals surface area contributed by atoms with Crippen molar-refractivity contribution in [2.24, 2.45) is 5.41 Å². The van der Waals surface area contributed by atoms with Crippen molar-refractivity contribution in [2.45, 2.75) is 84.1 Å². The van der Waals surface area contributed by atoms with Crippen molar-refractivity contribution in [3.63, 3.8) is 0 Å². The van der Waals surface area contributed by atoms with Crippen LogP contribution < -0.4 is 26.2 Å². The van der Waals surface area contributed by atoms with Gasteiger partial charge < -0.3 is 55.1 Å². The first-order valence-electron chi connectivity index (χ1n) is 25.1. The summed E-state index contributed by atoms with van der Waals surface area (Å²) in [5.74, 6) is -0.377. The van der Waals surface area contributed by atoms with Crippen molar-refractivity contribution >= 4 is 52.3 Å². The number of phenols is 1. The molecule has 3 aromatic heterocycles. The van der Waals surface area contributed by atoms with Gasteiger partial charge in [0.2, 0.25) is 17.7 Å². The van der Waals surface area contributed by atoms with Gasteiger partial charge in [0.1, 0.15) is 24.4 Å². The van der Waals surface area contributed by atoms with E-state index in [0.717, 1.165) is 64.7 Å². The van der Waals surface area contributed by atoms with Crippen molar-refractivity contribution in [3.8, 4) is 27.4 Å². The monoisotopic (exact) mass is 1020 g/mol. The highest BCUT2D eigenvalue weighted by atomic mass is 32.1. The van der Waals surface area contributed by atoms with Crippen molar-refractivity contribution in [2.75, 3.05) is 88.0 Å². The summed E-state index contributed by atoms with van der Waals surface area (Å²) in [5, 5.41) is 24.8. The largest absolute Gasteiger partial charge is 0.507 e. The van der Waals surface area contributed by atoms with Crippen LogP contribution in [-0.2, 0) is 39.9 Å². The molecule has 8 rings (SSSR count). The molecule has 3 amide bonds. The molecule has 4 atom stereocenters. The number of nitrogens with one attached hydrogen (secondary N) is 2. The molecule has 0 saturated carbocycles. The van der Waals surface area contributed by atoms with E-state index >= 15 is 0 Å². The number of phenolic OH excluding ortho intramolecular Hbond substituents is 1. The van der Waals surface area contributed by atoms with Crippen molar-refractivity contribution in [1.29, 1.82) is 0 Å². The normalized spacial score (nSPS) is 18.1. The number of anilines is 3. The standard InChI is InChI=1S/C54H68N10O8S/c1-36-49(73-35-58-36)38-15-13-37(14-16-38)31-57-52(67)45-11-7-21-63(45)53(68)50(54(2,3)4)59-48(66)34-72-28-27-71-26-25-70-24-23-69-22-8-9-39-29-40(19-20-56-39)64-41-17-18-42(64)33-62(32-41)46-30-44(60-61-51(46)55)43-10-5-6-12-47(43)65/h5-6,8-10,12-16,19-20,29-30,35,41-42,45,50,65H,7,11,17-18,21-28,31-34H2,1-4H3,(H2,55,61)(H,57,67)(H,59,66)/b9-8+/t41?,42?,45-,50+/m0/s1. The van der Waals surface area contributed by atoms with Gasteiger partial charge >= 0.3 is 0 Å². The van der Waals surface area contributed by atoms with Gasteiger partial charge in [0.25, 0.3) is 0 Å². The number of hydrogen-bond donors (Lipinski definition) is 4. The van der Waals surface area contributed by atoms with Gasteiger partial charge in [-0.25, -0.2) is 4.98 Å². The minimum absolute atomic E-state index is 0.153. The van der Waals surface area contributed by atoms with E-state index in [0.29, 0.717) is 88.1 Å². The molecular formula is C54H68N10O8S. The van der Waals surface area contributed by atoms with Crippen LogP contribution in [0.2, 0.25) is 0 Å². The summed E-state index contributed by atoms with van der Waals surface area (Å²) in [7, 11) is 0. The minimum atomic E-state index is -0.843. The highest BCUT2D eigenvalue weighted by Crippen LogP contribution is 2.39. The van der Waals surface area contributed by atoms with E-state index < -0.39 is 23.4 Å². The van der Waals surface area contributed by atoms with Crippen LogP contribution in [0.4, 0.5) is 17.2 Å². The number of pyridine rings is 1. The van der Waals surface area contributed by atoms with Gasteiger partial charge in [0.15, 0.2) is 5.82 Å². The van der Waals surface area contributed by atoms with Crippen LogP contribution in [0.1, 0.15) is 63.4 Å². The maximum atomic E-state index is 13.9. The molecule has 18 nitrogen and oxygen atoms in total. The van der Waals surface area contributed by atoms with Crippen molar-refractivity contribution < 1.29 is 38.4 Å². The van der Waals surface area contributed by atoms with E-state index in [9.17, 15) is 19.5 Å².